The van der Waals surface area contributed by atoms with E-state index in [0.29, 0.717) is 15.5 Å². The molecule has 0 saturated carbocycles. The van der Waals surface area contributed by atoms with Crippen LogP contribution in [-0.4, -0.2) is 13.9 Å². The van der Waals surface area contributed by atoms with E-state index < -0.39 is 15.6 Å². The van der Waals surface area contributed by atoms with Crippen LogP contribution in [0.3, 0.4) is 0 Å². The minimum absolute atomic E-state index is 0.317. The summed E-state index contributed by atoms with van der Waals surface area (Å²) in [6.07, 6.45) is 0. The van der Waals surface area contributed by atoms with Crippen LogP contribution in [0.2, 0.25) is 0 Å². The van der Waals surface area contributed by atoms with E-state index in [-0.39, 0.29) is 5.75 Å². The maximum atomic E-state index is 12.4. The van der Waals surface area contributed by atoms with Gasteiger partial charge in [-0.15, -0.1) is 11.3 Å². The molecule has 0 aliphatic carbocycles. The molecule has 0 fully saturated rings. The highest BCUT2D eigenvalue weighted by atomic mass is 32.2. The van der Waals surface area contributed by atoms with E-state index in [1.807, 2.05) is 6.07 Å². The number of alkyl halides is 3. The fourth-order valence-electron chi connectivity index (χ4n) is 1.98. The van der Waals surface area contributed by atoms with E-state index in [0.717, 1.165) is 4.70 Å². The molecular formula is C13H7F3O3S2. The molecule has 0 N–H and O–H groups in total. The predicted octanol–water partition coefficient (Wildman–Crippen LogP) is 4.28. The van der Waals surface area contributed by atoms with Crippen LogP contribution in [0.5, 0.6) is 5.75 Å². The number of hydrogen-bond donors (Lipinski definition) is 0. The number of fused-ring (bicyclic) bond motifs is 3. The smallest absolute Gasteiger partial charge is 0.375 e. The zero-order valence-electron chi connectivity index (χ0n) is 10.2. The van der Waals surface area contributed by atoms with Crippen LogP contribution in [0.15, 0.2) is 42.5 Å². The number of rotatable bonds is 2. The fraction of sp³-hybridized carbons (Fsp3) is 0.0769. The molecule has 0 aliphatic rings. The highest BCUT2D eigenvalue weighted by molar-refractivity contribution is 7.88. The summed E-state index contributed by atoms with van der Waals surface area (Å²) < 4.78 is 65.5. The highest BCUT2D eigenvalue weighted by Crippen LogP contribution is 2.40. The molecule has 0 spiro atoms. The lowest BCUT2D eigenvalue weighted by molar-refractivity contribution is -0.0499. The molecule has 110 valence electrons. The Balaban J connectivity index is 2.24. The van der Waals surface area contributed by atoms with Gasteiger partial charge in [-0.1, -0.05) is 24.3 Å². The molecule has 1 aromatic heterocycles. The van der Waals surface area contributed by atoms with Gasteiger partial charge in [-0.25, -0.2) is 0 Å². The molecule has 1 heterocycles. The molecule has 0 amide bonds. The van der Waals surface area contributed by atoms with E-state index in [9.17, 15) is 21.6 Å². The average Bonchev–Trinajstić information content (AvgIpc) is 2.76. The van der Waals surface area contributed by atoms with Crippen molar-refractivity contribution in [1.29, 1.82) is 0 Å². The van der Waals surface area contributed by atoms with Gasteiger partial charge in [0, 0.05) is 20.2 Å². The Morgan fingerprint density at radius 1 is 0.952 bits per heavy atom. The summed E-state index contributed by atoms with van der Waals surface area (Å²) in [5.41, 5.74) is -5.46. The van der Waals surface area contributed by atoms with Crippen molar-refractivity contribution in [3.63, 3.8) is 0 Å². The zero-order chi connectivity index (χ0) is 15.3. The molecule has 0 saturated heterocycles. The van der Waals surface area contributed by atoms with Crippen LogP contribution in [0, 0.1) is 0 Å². The van der Waals surface area contributed by atoms with Gasteiger partial charge in [0.2, 0.25) is 0 Å². The SMILES string of the molecule is O=S(=O)(Oc1cccc2sc3ccccc3c12)C(F)(F)F. The molecule has 3 rings (SSSR count). The van der Waals surface area contributed by atoms with Crippen molar-refractivity contribution in [3.05, 3.63) is 42.5 Å². The lowest BCUT2D eigenvalue weighted by Crippen LogP contribution is -2.28. The molecule has 21 heavy (non-hydrogen) atoms. The average molecular weight is 332 g/mol. The van der Waals surface area contributed by atoms with Crippen LogP contribution >= 0.6 is 11.3 Å². The van der Waals surface area contributed by atoms with E-state index in [2.05, 4.69) is 4.18 Å². The number of hydrogen-bond acceptors (Lipinski definition) is 4. The summed E-state index contributed by atoms with van der Waals surface area (Å²) in [6, 6.07) is 11.4. The Bertz CT molecular complexity index is 927. The van der Waals surface area contributed by atoms with E-state index in [1.165, 1.54) is 23.5 Å². The minimum Gasteiger partial charge on any atom is -0.375 e. The molecule has 0 aliphatic heterocycles. The Morgan fingerprint density at radius 3 is 2.33 bits per heavy atom. The number of thiophene rings is 1. The highest BCUT2D eigenvalue weighted by Gasteiger charge is 2.48. The van der Waals surface area contributed by atoms with E-state index in [1.54, 1.807) is 24.3 Å². The van der Waals surface area contributed by atoms with Gasteiger partial charge < -0.3 is 4.18 Å². The minimum atomic E-state index is -5.68. The van der Waals surface area contributed by atoms with Crippen LogP contribution in [0.25, 0.3) is 20.2 Å². The lowest BCUT2D eigenvalue weighted by Gasteiger charge is -2.10. The summed E-state index contributed by atoms with van der Waals surface area (Å²) in [6.45, 7) is 0. The summed E-state index contributed by atoms with van der Waals surface area (Å²) in [5, 5.41) is 1.02. The molecule has 3 aromatic rings. The quantitative estimate of drug-likeness (QED) is 0.519. The third-order valence-electron chi connectivity index (χ3n) is 2.85. The molecule has 8 heteroatoms. The first-order chi connectivity index (χ1) is 9.79. The summed E-state index contributed by atoms with van der Waals surface area (Å²) >= 11 is 1.35. The maximum Gasteiger partial charge on any atom is 0.534 e. The van der Waals surface area contributed by atoms with Crippen molar-refractivity contribution in [1.82, 2.24) is 0 Å². The second kappa shape index (κ2) is 4.60. The predicted molar refractivity (Wildman–Crippen MR) is 74.9 cm³/mol. The van der Waals surface area contributed by atoms with Crippen molar-refractivity contribution in [2.75, 3.05) is 0 Å². The molecule has 0 bridgehead atoms. The third-order valence-corrected chi connectivity index (χ3v) is 4.95. The fourth-order valence-corrected chi connectivity index (χ4v) is 3.57. The Kier molecular flexibility index (Phi) is 3.10. The van der Waals surface area contributed by atoms with Crippen molar-refractivity contribution < 1.29 is 25.8 Å². The number of halogens is 3. The van der Waals surface area contributed by atoms with Crippen molar-refractivity contribution in [3.8, 4) is 5.75 Å². The standard InChI is InChI=1S/C13H7F3O3S2/c14-13(15,16)21(17,18)19-9-5-3-7-11-12(9)8-4-1-2-6-10(8)20-11/h1-7H. The molecule has 2 aromatic carbocycles. The van der Waals surface area contributed by atoms with Crippen molar-refractivity contribution >= 4 is 41.6 Å². The molecule has 0 radical (unpaired) electrons. The van der Waals surface area contributed by atoms with Gasteiger partial charge in [-0.2, -0.15) is 21.6 Å². The molecule has 3 nitrogen and oxygen atoms in total. The summed E-state index contributed by atoms with van der Waals surface area (Å²) in [7, 11) is -5.68. The first-order valence-electron chi connectivity index (χ1n) is 5.70. The Morgan fingerprint density at radius 2 is 1.62 bits per heavy atom. The van der Waals surface area contributed by atoms with Gasteiger partial charge in [0.25, 0.3) is 0 Å². The normalized spacial score (nSPS) is 12.9. The first-order valence-corrected chi connectivity index (χ1v) is 7.93. The second-order valence-electron chi connectivity index (χ2n) is 4.21. The maximum absolute atomic E-state index is 12.4. The van der Waals surface area contributed by atoms with Gasteiger partial charge in [0.15, 0.2) is 5.75 Å². The van der Waals surface area contributed by atoms with E-state index in [4.69, 9.17) is 0 Å². The van der Waals surface area contributed by atoms with Crippen molar-refractivity contribution in [2.45, 2.75) is 5.51 Å². The van der Waals surface area contributed by atoms with E-state index >= 15 is 0 Å². The van der Waals surface area contributed by atoms with Gasteiger partial charge in [0.1, 0.15) is 0 Å². The first kappa shape index (κ1) is 14.2. The zero-order valence-corrected chi connectivity index (χ0v) is 11.8. The Hall–Kier alpha value is -1.80. The summed E-state index contributed by atoms with van der Waals surface area (Å²) in [4.78, 5) is 0. The molecular weight excluding hydrogens is 325 g/mol. The molecule has 0 unspecified atom stereocenters. The second-order valence-corrected chi connectivity index (χ2v) is 6.83. The van der Waals surface area contributed by atoms with Gasteiger partial charge in [-0.3, -0.25) is 0 Å². The molecule has 0 atom stereocenters. The van der Waals surface area contributed by atoms with Gasteiger partial charge >= 0.3 is 15.6 Å². The van der Waals surface area contributed by atoms with Crippen LogP contribution < -0.4 is 4.18 Å². The number of benzene rings is 2. The van der Waals surface area contributed by atoms with Crippen molar-refractivity contribution in [2.24, 2.45) is 0 Å². The lowest BCUT2D eigenvalue weighted by atomic mass is 10.1. The van der Waals surface area contributed by atoms with Crippen LogP contribution in [0.4, 0.5) is 13.2 Å². The largest absolute Gasteiger partial charge is 0.534 e. The van der Waals surface area contributed by atoms with Crippen LogP contribution in [0.1, 0.15) is 0 Å². The third kappa shape index (κ3) is 2.34. The topological polar surface area (TPSA) is 43.4 Å². The monoisotopic (exact) mass is 332 g/mol. The Labute approximate surface area is 121 Å². The van der Waals surface area contributed by atoms with Crippen LogP contribution in [-0.2, 0) is 10.1 Å². The van der Waals surface area contributed by atoms with Gasteiger partial charge in [0.05, 0.1) is 0 Å². The summed E-state index contributed by atoms with van der Waals surface area (Å²) in [5.74, 6) is -0.317. The van der Waals surface area contributed by atoms with Gasteiger partial charge in [-0.05, 0) is 18.2 Å².